The largest absolute Gasteiger partial charge is 0.487 e. The highest BCUT2D eigenvalue weighted by molar-refractivity contribution is 5.30. The fourth-order valence-corrected chi connectivity index (χ4v) is 1.47. The molecule has 1 aromatic rings. The molecule has 4 nitrogen and oxygen atoms in total. The highest BCUT2D eigenvalue weighted by Crippen LogP contribution is 2.20. The molecule has 0 bridgehead atoms. The normalized spacial score (nSPS) is 21.1. The zero-order valence-electron chi connectivity index (χ0n) is 7.98. The fraction of sp³-hybridized carbons (Fsp3) is 0.500. The molecule has 1 aliphatic rings. The molecule has 0 aromatic carbocycles. The van der Waals surface area contributed by atoms with Crippen LogP contribution >= 0.6 is 0 Å². The van der Waals surface area contributed by atoms with Crippen molar-refractivity contribution in [3.63, 3.8) is 0 Å². The number of hydrogen-bond acceptors (Lipinski definition) is 4. The van der Waals surface area contributed by atoms with Crippen LogP contribution in [0.3, 0.4) is 0 Å². The van der Waals surface area contributed by atoms with Crippen LogP contribution in [0.2, 0.25) is 0 Å². The summed E-state index contributed by atoms with van der Waals surface area (Å²) in [7, 11) is 0. The van der Waals surface area contributed by atoms with Crippen LogP contribution in [0.15, 0.2) is 18.5 Å². The van der Waals surface area contributed by atoms with Crippen LogP contribution in [-0.2, 0) is 11.3 Å². The number of nitrogens with two attached hydrogens (primary N) is 1. The Bertz CT molecular complexity index is 298. The van der Waals surface area contributed by atoms with E-state index in [2.05, 4.69) is 4.98 Å². The third-order valence-electron chi connectivity index (χ3n) is 2.26. The van der Waals surface area contributed by atoms with Gasteiger partial charge in [-0.3, -0.25) is 4.98 Å². The lowest BCUT2D eigenvalue weighted by molar-refractivity contribution is 0.140. The molecule has 0 aliphatic carbocycles. The van der Waals surface area contributed by atoms with Crippen molar-refractivity contribution >= 4 is 0 Å². The Labute approximate surface area is 83.0 Å². The molecular formula is C10H14N2O2. The maximum Gasteiger partial charge on any atom is 0.127 e. The molecule has 2 N–H and O–H groups in total. The maximum atomic E-state index is 5.75. The molecule has 1 unspecified atom stereocenters. The summed E-state index contributed by atoms with van der Waals surface area (Å²) in [5.41, 5.74) is 6.52. The number of ether oxygens (including phenoxy) is 2. The van der Waals surface area contributed by atoms with Crippen LogP contribution in [0.5, 0.6) is 5.75 Å². The van der Waals surface area contributed by atoms with Crippen molar-refractivity contribution in [3.05, 3.63) is 24.0 Å². The molecule has 2 heterocycles. The monoisotopic (exact) mass is 194 g/mol. The van der Waals surface area contributed by atoms with E-state index in [0.717, 1.165) is 24.3 Å². The Balaban J connectivity index is 2.07. The lowest BCUT2D eigenvalue weighted by atomic mass is 10.2. The predicted octanol–water partition coefficient (Wildman–Crippen LogP) is 0.708. The van der Waals surface area contributed by atoms with Crippen molar-refractivity contribution in [2.45, 2.75) is 19.1 Å². The molecule has 0 spiro atoms. The van der Waals surface area contributed by atoms with Gasteiger partial charge in [0.05, 0.1) is 13.2 Å². The Kier molecular flexibility index (Phi) is 2.96. The van der Waals surface area contributed by atoms with Gasteiger partial charge >= 0.3 is 0 Å². The van der Waals surface area contributed by atoms with Gasteiger partial charge in [0.1, 0.15) is 11.9 Å². The Hall–Kier alpha value is -1.13. The van der Waals surface area contributed by atoms with E-state index in [1.54, 1.807) is 12.4 Å². The number of pyridine rings is 1. The summed E-state index contributed by atoms with van der Waals surface area (Å²) in [6, 6.07) is 1.85. The van der Waals surface area contributed by atoms with Gasteiger partial charge in [0, 0.05) is 30.9 Å². The predicted molar refractivity (Wildman–Crippen MR) is 52.0 cm³/mol. The molecule has 1 atom stereocenters. The number of rotatable bonds is 3. The van der Waals surface area contributed by atoms with Crippen LogP contribution in [0.4, 0.5) is 0 Å². The second-order valence-corrected chi connectivity index (χ2v) is 3.29. The summed E-state index contributed by atoms with van der Waals surface area (Å²) in [5, 5.41) is 0. The number of aromatic nitrogens is 1. The van der Waals surface area contributed by atoms with Crippen molar-refractivity contribution < 1.29 is 9.47 Å². The highest BCUT2D eigenvalue weighted by atomic mass is 16.5. The molecule has 0 saturated carbocycles. The number of hydrogen-bond donors (Lipinski definition) is 1. The Morgan fingerprint density at radius 3 is 3.29 bits per heavy atom. The zero-order chi connectivity index (χ0) is 9.80. The van der Waals surface area contributed by atoms with Gasteiger partial charge in [0.25, 0.3) is 0 Å². The molecule has 4 heteroatoms. The molecule has 1 saturated heterocycles. The minimum atomic E-state index is 0.169. The van der Waals surface area contributed by atoms with Crippen LogP contribution in [-0.4, -0.2) is 24.3 Å². The smallest absolute Gasteiger partial charge is 0.127 e. The van der Waals surface area contributed by atoms with Crippen LogP contribution in [0.1, 0.15) is 12.0 Å². The zero-order valence-corrected chi connectivity index (χ0v) is 7.98. The first-order valence-corrected chi connectivity index (χ1v) is 4.77. The maximum absolute atomic E-state index is 5.75. The van der Waals surface area contributed by atoms with Gasteiger partial charge in [-0.25, -0.2) is 0 Å². The molecule has 0 radical (unpaired) electrons. The lowest BCUT2D eigenvalue weighted by Crippen LogP contribution is -2.17. The van der Waals surface area contributed by atoms with Crippen LogP contribution < -0.4 is 10.5 Å². The summed E-state index contributed by atoms with van der Waals surface area (Å²) < 4.78 is 11.0. The average Bonchev–Trinajstić information content (AvgIpc) is 2.71. The van der Waals surface area contributed by atoms with E-state index in [0.29, 0.717) is 13.2 Å². The van der Waals surface area contributed by atoms with Gasteiger partial charge in [-0.05, 0) is 6.07 Å². The van der Waals surface area contributed by atoms with Gasteiger partial charge in [0.15, 0.2) is 0 Å². The van der Waals surface area contributed by atoms with Crippen molar-refractivity contribution in [3.8, 4) is 5.75 Å². The van der Waals surface area contributed by atoms with Crippen molar-refractivity contribution in [2.24, 2.45) is 5.73 Å². The van der Waals surface area contributed by atoms with E-state index in [1.165, 1.54) is 0 Å². The SMILES string of the molecule is NCc1cnccc1OC1CCOC1. The lowest BCUT2D eigenvalue weighted by Gasteiger charge is -2.14. The van der Waals surface area contributed by atoms with E-state index in [1.807, 2.05) is 6.07 Å². The third kappa shape index (κ3) is 2.02. The summed E-state index contributed by atoms with van der Waals surface area (Å²) in [6.07, 6.45) is 4.57. The van der Waals surface area contributed by atoms with Gasteiger partial charge in [-0.1, -0.05) is 0 Å². The molecule has 0 amide bonds. The summed E-state index contributed by atoms with van der Waals surface area (Å²) >= 11 is 0. The molecule has 1 fully saturated rings. The standard InChI is InChI=1S/C10H14N2O2/c11-5-8-6-12-3-1-10(8)14-9-2-4-13-7-9/h1,3,6,9H,2,4-5,7,11H2. The molecule has 1 aromatic heterocycles. The first kappa shape index (κ1) is 9.43. The first-order valence-electron chi connectivity index (χ1n) is 4.77. The van der Waals surface area contributed by atoms with E-state index in [-0.39, 0.29) is 6.10 Å². The second kappa shape index (κ2) is 4.39. The summed E-state index contributed by atoms with van der Waals surface area (Å²) in [5.74, 6) is 0.831. The third-order valence-corrected chi connectivity index (χ3v) is 2.26. The number of nitrogens with zero attached hydrogens (tertiary/aromatic N) is 1. The van der Waals surface area contributed by atoms with Crippen LogP contribution in [0, 0.1) is 0 Å². The Morgan fingerprint density at radius 1 is 1.64 bits per heavy atom. The molecule has 1 aliphatic heterocycles. The van der Waals surface area contributed by atoms with Crippen molar-refractivity contribution in [1.29, 1.82) is 0 Å². The molecule has 2 rings (SSSR count). The van der Waals surface area contributed by atoms with E-state index in [4.69, 9.17) is 15.2 Å². The quantitative estimate of drug-likeness (QED) is 0.769. The van der Waals surface area contributed by atoms with Crippen molar-refractivity contribution in [2.75, 3.05) is 13.2 Å². The van der Waals surface area contributed by atoms with Gasteiger partial charge in [-0.2, -0.15) is 0 Å². The molecular weight excluding hydrogens is 180 g/mol. The van der Waals surface area contributed by atoms with Gasteiger partial charge < -0.3 is 15.2 Å². The Morgan fingerprint density at radius 2 is 2.57 bits per heavy atom. The summed E-state index contributed by atoms with van der Waals surface area (Å²) in [4.78, 5) is 4.00. The van der Waals surface area contributed by atoms with E-state index < -0.39 is 0 Å². The molecule has 76 valence electrons. The van der Waals surface area contributed by atoms with Gasteiger partial charge in [-0.15, -0.1) is 0 Å². The van der Waals surface area contributed by atoms with Crippen LogP contribution in [0.25, 0.3) is 0 Å². The second-order valence-electron chi connectivity index (χ2n) is 3.29. The first-order chi connectivity index (χ1) is 6.90. The van der Waals surface area contributed by atoms with Crippen molar-refractivity contribution in [1.82, 2.24) is 4.98 Å². The van der Waals surface area contributed by atoms with Gasteiger partial charge in [0.2, 0.25) is 0 Å². The minimum Gasteiger partial charge on any atom is -0.487 e. The van der Waals surface area contributed by atoms with E-state index >= 15 is 0 Å². The minimum absolute atomic E-state index is 0.169. The topological polar surface area (TPSA) is 57.4 Å². The molecule has 14 heavy (non-hydrogen) atoms. The van der Waals surface area contributed by atoms with E-state index in [9.17, 15) is 0 Å². The highest BCUT2D eigenvalue weighted by Gasteiger charge is 2.18. The fourth-order valence-electron chi connectivity index (χ4n) is 1.47. The summed E-state index contributed by atoms with van der Waals surface area (Å²) in [6.45, 7) is 1.91. The average molecular weight is 194 g/mol.